The lowest BCUT2D eigenvalue weighted by Crippen LogP contribution is -2.18. The fourth-order valence-electron chi connectivity index (χ4n) is 1.67. The van der Waals surface area contributed by atoms with Crippen molar-refractivity contribution < 1.29 is 34.2 Å². The Bertz CT molecular complexity index is 613. The molecule has 146 valence electrons. The van der Waals surface area contributed by atoms with Crippen molar-refractivity contribution in [3.05, 3.63) is 27.8 Å². The molecule has 9 nitrogen and oxygen atoms in total. The second kappa shape index (κ2) is 12.6. The summed E-state index contributed by atoms with van der Waals surface area (Å²) in [5.74, 6) is -3.12. The van der Waals surface area contributed by atoms with Crippen LogP contribution in [0.3, 0.4) is 0 Å². The molecule has 0 radical (unpaired) electrons. The van der Waals surface area contributed by atoms with Crippen LogP contribution < -0.4 is 4.74 Å². The maximum Gasteiger partial charge on any atom is 0.379 e. The van der Waals surface area contributed by atoms with Crippen LogP contribution in [0.2, 0.25) is 0 Å². The van der Waals surface area contributed by atoms with Gasteiger partial charge in [0.15, 0.2) is 5.75 Å². The van der Waals surface area contributed by atoms with E-state index >= 15 is 0 Å². The topological polar surface area (TPSA) is 136 Å². The van der Waals surface area contributed by atoms with Crippen molar-refractivity contribution in [2.24, 2.45) is 0 Å². The predicted molar refractivity (Wildman–Crippen MR) is 93.5 cm³/mol. The summed E-state index contributed by atoms with van der Waals surface area (Å²) in [6.07, 6.45) is 3.44. The highest BCUT2D eigenvalue weighted by atomic mass is 16.6. The Balaban J connectivity index is 0.00000110. The Labute approximate surface area is 151 Å². The maximum atomic E-state index is 11.9. The van der Waals surface area contributed by atoms with Crippen LogP contribution in [-0.2, 0) is 9.53 Å². The fourth-order valence-corrected chi connectivity index (χ4v) is 1.67. The number of aliphatic hydroxyl groups is 1. The number of unbranched alkanes of at least 4 members (excludes halogenated alkanes) is 2. The first kappa shape index (κ1) is 23.3. The molecular formula is C17H25NO8. The number of ketones is 1. The molecule has 1 aromatic rings. The number of Topliss-reactive ketones (excluding diaryl/α,β-unsaturated/α-hetero) is 1. The normalized spacial score (nSPS) is 9.69. The van der Waals surface area contributed by atoms with Gasteiger partial charge in [0.25, 0.3) is 5.78 Å². The molecule has 0 atom stereocenters. The van der Waals surface area contributed by atoms with Gasteiger partial charge in [-0.1, -0.05) is 26.7 Å². The summed E-state index contributed by atoms with van der Waals surface area (Å²) >= 11 is 0. The van der Waals surface area contributed by atoms with Crippen LogP contribution in [0.1, 0.15) is 49.9 Å². The number of rotatable bonds is 9. The maximum absolute atomic E-state index is 11.9. The number of aromatic hydroxyl groups is 1. The lowest BCUT2D eigenvalue weighted by molar-refractivity contribution is -0.386. The monoisotopic (exact) mass is 371 g/mol. The number of phenols is 1. The number of esters is 1. The highest BCUT2D eigenvalue weighted by Crippen LogP contribution is 2.37. The molecule has 0 saturated carbocycles. The average molecular weight is 371 g/mol. The van der Waals surface area contributed by atoms with Crippen molar-refractivity contribution in [1.29, 1.82) is 0 Å². The second-order valence-electron chi connectivity index (χ2n) is 5.20. The van der Waals surface area contributed by atoms with E-state index < -0.39 is 28.1 Å². The van der Waals surface area contributed by atoms with Gasteiger partial charge in [0.05, 0.1) is 18.6 Å². The van der Waals surface area contributed by atoms with Crippen molar-refractivity contribution in [3.8, 4) is 11.5 Å². The quantitative estimate of drug-likeness (QED) is 0.169. The van der Waals surface area contributed by atoms with Crippen molar-refractivity contribution in [1.82, 2.24) is 0 Å². The molecule has 0 aromatic heterocycles. The van der Waals surface area contributed by atoms with Gasteiger partial charge in [-0.2, -0.15) is 0 Å². The predicted octanol–water partition coefficient (Wildman–Crippen LogP) is 2.61. The summed E-state index contributed by atoms with van der Waals surface area (Å²) in [5.41, 5.74) is -1.00. The molecule has 0 spiro atoms. The highest BCUT2D eigenvalue weighted by Gasteiger charge is 2.26. The molecule has 0 unspecified atom stereocenters. The molecule has 0 amide bonds. The van der Waals surface area contributed by atoms with Crippen molar-refractivity contribution in [3.63, 3.8) is 0 Å². The zero-order chi connectivity index (χ0) is 20.1. The van der Waals surface area contributed by atoms with Gasteiger partial charge in [0.2, 0.25) is 5.75 Å². The summed E-state index contributed by atoms with van der Waals surface area (Å²) in [6, 6.07) is 1.85. The van der Waals surface area contributed by atoms with Crippen LogP contribution in [0.25, 0.3) is 0 Å². The van der Waals surface area contributed by atoms with E-state index in [9.17, 15) is 24.8 Å². The standard InChI is InChI=1S/C13H15NO7.C4H10O/c1-3-4-5-21-13(17)11(15)8-6-9(14(18)19)12(16)10(7-8)20-2;1-2-3-4-5/h6-7,16H,3-5H2,1-2H3;5H,2-4H2,1H3. The molecule has 0 aliphatic heterocycles. The third-order valence-corrected chi connectivity index (χ3v) is 3.16. The van der Waals surface area contributed by atoms with Gasteiger partial charge in [-0.15, -0.1) is 0 Å². The smallest absolute Gasteiger partial charge is 0.379 e. The Kier molecular flexibility index (Phi) is 11.3. The van der Waals surface area contributed by atoms with Gasteiger partial charge in [0.1, 0.15) is 0 Å². The third-order valence-electron chi connectivity index (χ3n) is 3.16. The van der Waals surface area contributed by atoms with Gasteiger partial charge in [-0.05, 0) is 18.9 Å². The second-order valence-corrected chi connectivity index (χ2v) is 5.20. The number of hydrogen-bond acceptors (Lipinski definition) is 8. The Morgan fingerprint density at radius 2 is 1.81 bits per heavy atom. The molecule has 26 heavy (non-hydrogen) atoms. The summed E-state index contributed by atoms with van der Waals surface area (Å²) in [5, 5.41) is 28.5. The van der Waals surface area contributed by atoms with E-state index in [1.807, 2.05) is 6.92 Å². The fraction of sp³-hybridized carbons (Fsp3) is 0.529. The SMILES string of the molecule is CCCCO.CCCCOC(=O)C(=O)c1cc(OC)c(O)c([N+](=O)[O-])c1. The Hall–Kier alpha value is -2.68. The number of methoxy groups -OCH3 is 1. The zero-order valence-corrected chi connectivity index (χ0v) is 15.2. The molecule has 2 N–H and O–H groups in total. The number of carbonyl (C=O) groups is 2. The van der Waals surface area contributed by atoms with Gasteiger partial charge < -0.3 is 19.7 Å². The first-order chi connectivity index (χ1) is 12.3. The average Bonchev–Trinajstić information content (AvgIpc) is 2.62. The number of carbonyl (C=O) groups excluding carboxylic acids is 2. The van der Waals surface area contributed by atoms with E-state index in [0.717, 1.165) is 31.4 Å². The van der Waals surface area contributed by atoms with Crippen molar-refractivity contribution >= 4 is 17.4 Å². The summed E-state index contributed by atoms with van der Waals surface area (Å²) in [6.45, 7) is 4.38. The number of ether oxygens (including phenoxy) is 2. The van der Waals surface area contributed by atoms with Gasteiger partial charge in [-0.25, -0.2) is 4.79 Å². The first-order valence-corrected chi connectivity index (χ1v) is 8.21. The van der Waals surface area contributed by atoms with E-state index in [4.69, 9.17) is 14.6 Å². The molecule has 0 saturated heterocycles. The van der Waals surface area contributed by atoms with E-state index in [1.165, 1.54) is 7.11 Å². The number of hydrogen-bond donors (Lipinski definition) is 2. The van der Waals surface area contributed by atoms with E-state index in [1.54, 1.807) is 0 Å². The zero-order valence-electron chi connectivity index (χ0n) is 15.2. The molecule has 0 aliphatic carbocycles. The highest BCUT2D eigenvalue weighted by molar-refractivity contribution is 6.40. The number of nitro benzene ring substituents is 1. The Morgan fingerprint density at radius 1 is 1.19 bits per heavy atom. The number of nitro groups is 1. The van der Waals surface area contributed by atoms with Crippen LogP contribution in [-0.4, -0.2) is 47.2 Å². The number of aliphatic hydroxyl groups excluding tert-OH is 1. The largest absolute Gasteiger partial charge is 0.500 e. The summed E-state index contributed by atoms with van der Waals surface area (Å²) in [7, 11) is 1.17. The van der Waals surface area contributed by atoms with Crippen LogP contribution in [0, 0.1) is 10.1 Å². The Morgan fingerprint density at radius 3 is 2.23 bits per heavy atom. The lowest BCUT2D eigenvalue weighted by Gasteiger charge is -2.07. The number of phenolic OH excluding ortho intramolecular Hbond substituents is 1. The number of nitrogens with zero attached hydrogens (tertiary/aromatic N) is 1. The minimum Gasteiger partial charge on any atom is -0.500 e. The minimum atomic E-state index is -1.11. The summed E-state index contributed by atoms with van der Waals surface area (Å²) in [4.78, 5) is 33.3. The third kappa shape index (κ3) is 7.47. The molecule has 9 heteroatoms. The minimum absolute atomic E-state index is 0.0956. The number of benzene rings is 1. The van der Waals surface area contributed by atoms with Gasteiger partial charge in [-0.3, -0.25) is 14.9 Å². The van der Waals surface area contributed by atoms with E-state index in [0.29, 0.717) is 13.0 Å². The molecule has 0 bridgehead atoms. The van der Waals surface area contributed by atoms with Gasteiger partial charge in [0, 0.05) is 18.2 Å². The molecule has 1 aromatic carbocycles. The molecule has 1 rings (SSSR count). The summed E-state index contributed by atoms with van der Waals surface area (Å²) < 4.78 is 9.49. The van der Waals surface area contributed by atoms with Crippen molar-refractivity contribution in [2.45, 2.75) is 39.5 Å². The molecule has 0 aliphatic rings. The van der Waals surface area contributed by atoms with Crippen LogP contribution in [0.5, 0.6) is 11.5 Å². The first-order valence-electron chi connectivity index (χ1n) is 8.21. The van der Waals surface area contributed by atoms with Gasteiger partial charge >= 0.3 is 11.7 Å². The lowest BCUT2D eigenvalue weighted by atomic mass is 10.1. The van der Waals surface area contributed by atoms with Crippen LogP contribution in [0.15, 0.2) is 12.1 Å². The van der Waals surface area contributed by atoms with E-state index in [2.05, 4.69) is 6.92 Å². The van der Waals surface area contributed by atoms with Crippen LogP contribution in [0.4, 0.5) is 5.69 Å². The van der Waals surface area contributed by atoms with Crippen LogP contribution >= 0.6 is 0 Å². The molecule has 0 heterocycles. The molecule has 0 fully saturated rings. The van der Waals surface area contributed by atoms with E-state index in [-0.39, 0.29) is 17.9 Å². The van der Waals surface area contributed by atoms with Crippen molar-refractivity contribution in [2.75, 3.05) is 20.3 Å². The molecular weight excluding hydrogens is 346 g/mol.